The fraction of sp³-hybridized carbons (Fsp3) is 0.500. The van der Waals surface area contributed by atoms with Gasteiger partial charge in [-0.3, -0.25) is 0 Å². The Bertz CT molecular complexity index is 713. The largest absolute Gasteiger partial charge is 0.489 e. The number of amides is 2. The number of carbonyl (C=O) groups is 3. The Morgan fingerprint density at radius 1 is 1.17 bits per heavy atom. The lowest BCUT2D eigenvalue weighted by Crippen LogP contribution is -2.41. The summed E-state index contributed by atoms with van der Waals surface area (Å²) in [4.78, 5) is 33.8. The summed E-state index contributed by atoms with van der Waals surface area (Å²) in [7, 11) is 3.85. The average Bonchev–Trinajstić information content (AvgIpc) is 3.10. The van der Waals surface area contributed by atoms with Crippen molar-refractivity contribution in [2.24, 2.45) is 0 Å². The van der Waals surface area contributed by atoms with Crippen molar-refractivity contribution in [3.63, 3.8) is 0 Å². The SMILES string of the molecule is CN(C)CCNC(=O)N1CCC(Oc2ccc(C(F)(F)F)cc2)C1.O=C(O)C(=O)O. The summed E-state index contributed by atoms with van der Waals surface area (Å²) in [6, 6.07) is 4.47. The van der Waals surface area contributed by atoms with Crippen LogP contribution in [0.15, 0.2) is 24.3 Å². The smallest absolute Gasteiger partial charge is 0.416 e. The van der Waals surface area contributed by atoms with Gasteiger partial charge < -0.3 is 30.1 Å². The van der Waals surface area contributed by atoms with E-state index in [-0.39, 0.29) is 12.1 Å². The molecule has 0 aromatic heterocycles. The molecule has 0 aliphatic carbocycles. The monoisotopic (exact) mass is 435 g/mol. The van der Waals surface area contributed by atoms with Gasteiger partial charge in [-0.2, -0.15) is 13.2 Å². The number of rotatable bonds is 5. The Kier molecular flexibility index (Phi) is 9.37. The van der Waals surface area contributed by atoms with Crippen LogP contribution in [0.1, 0.15) is 12.0 Å². The number of nitrogens with zero attached hydrogens (tertiary/aromatic N) is 2. The summed E-state index contributed by atoms with van der Waals surface area (Å²) < 4.78 is 43.2. The maximum absolute atomic E-state index is 12.5. The van der Waals surface area contributed by atoms with Crippen molar-refractivity contribution >= 4 is 18.0 Å². The molecule has 1 fully saturated rings. The molecule has 1 aliphatic rings. The van der Waals surface area contributed by atoms with Gasteiger partial charge in [0, 0.05) is 26.1 Å². The highest BCUT2D eigenvalue weighted by atomic mass is 19.4. The standard InChI is InChI=1S/C16H22F3N3O2.C2H2O4/c1-21(2)10-8-20-15(23)22-9-7-14(11-22)24-13-5-3-12(4-6-13)16(17,18)19;3-1(4)2(5)6/h3-6,14H,7-11H2,1-2H3,(H,20,23);(H,3,4)(H,5,6). The van der Waals surface area contributed by atoms with Gasteiger partial charge in [-0.25, -0.2) is 14.4 Å². The minimum atomic E-state index is -4.35. The third-order valence-electron chi connectivity index (χ3n) is 3.93. The molecule has 1 aromatic carbocycles. The Morgan fingerprint density at radius 2 is 1.73 bits per heavy atom. The second kappa shape index (κ2) is 11.2. The number of carbonyl (C=O) groups excluding carboxylic acids is 1. The fourth-order valence-electron chi connectivity index (χ4n) is 2.42. The summed E-state index contributed by atoms with van der Waals surface area (Å²) in [5, 5.41) is 17.6. The minimum absolute atomic E-state index is 0.143. The van der Waals surface area contributed by atoms with Gasteiger partial charge in [-0.15, -0.1) is 0 Å². The lowest BCUT2D eigenvalue weighted by molar-refractivity contribution is -0.159. The van der Waals surface area contributed by atoms with Crippen LogP contribution >= 0.6 is 0 Å². The predicted molar refractivity (Wildman–Crippen MR) is 99.3 cm³/mol. The van der Waals surface area contributed by atoms with Crippen LogP contribution in [0.4, 0.5) is 18.0 Å². The lowest BCUT2D eigenvalue weighted by Gasteiger charge is -2.19. The summed E-state index contributed by atoms with van der Waals surface area (Å²) >= 11 is 0. The quantitative estimate of drug-likeness (QED) is 0.601. The molecule has 2 amide bonds. The molecule has 1 unspecified atom stereocenters. The first kappa shape index (κ1) is 25.0. The highest BCUT2D eigenvalue weighted by molar-refractivity contribution is 6.27. The number of ether oxygens (including phenoxy) is 1. The number of benzene rings is 1. The second-order valence-electron chi connectivity index (χ2n) is 6.64. The molecule has 1 heterocycles. The van der Waals surface area contributed by atoms with Crippen LogP contribution in [-0.4, -0.2) is 84.4 Å². The van der Waals surface area contributed by atoms with Crippen molar-refractivity contribution < 1.29 is 42.5 Å². The van der Waals surface area contributed by atoms with Gasteiger partial charge in [0.25, 0.3) is 0 Å². The van der Waals surface area contributed by atoms with Crippen LogP contribution in [0.3, 0.4) is 0 Å². The predicted octanol–water partition coefficient (Wildman–Crippen LogP) is 1.59. The van der Waals surface area contributed by atoms with E-state index in [4.69, 9.17) is 24.5 Å². The van der Waals surface area contributed by atoms with Gasteiger partial charge in [0.15, 0.2) is 0 Å². The van der Waals surface area contributed by atoms with E-state index in [1.54, 1.807) is 4.90 Å². The molecule has 0 spiro atoms. The van der Waals surface area contributed by atoms with E-state index < -0.39 is 23.7 Å². The molecule has 2 rings (SSSR count). The number of urea groups is 1. The molecule has 12 heteroatoms. The molecule has 0 radical (unpaired) electrons. The molecule has 9 nitrogen and oxygen atoms in total. The molecular formula is C18H24F3N3O6. The number of aliphatic carboxylic acids is 2. The van der Waals surface area contributed by atoms with Gasteiger partial charge in [-0.1, -0.05) is 0 Å². The van der Waals surface area contributed by atoms with Gasteiger partial charge in [0.1, 0.15) is 11.9 Å². The number of halogens is 3. The third kappa shape index (κ3) is 8.99. The summed E-state index contributed by atoms with van der Waals surface area (Å²) in [5.74, 6) is -3.27. The Balaban J connectivity index is 0.000000656. The van der Waals surface area contributed by atoms with E-state index in [9.17, 15) is 18.0 Å². The average molecular weight is 435 g/mol. The molecule has 1 aliphatic heterocycles. The molecular weight excluding hydrogens is 411 g/mol. The van der Waals surface area contributed by atoms with Gasteiger partial charge in [-0.05, 0) is 38.4 Å². The van der Waals surface area contributed by atoms with Crippen LogP contribution in [0.25, 0.3) is 0 Å². The molecule has 168 valence electrons. The second-order valence-corrected chi connectivity index (χ2v) is 6.64. The number of hydrogen-bond acceptors (Lipinski definition) is 5. The van der Waals surface area contributed by atoms with Crippen molar-refractivity contribution in [1.82, 2.24) is 15.1 Å². The van der Waals surface area contributed by atoms with E-state index in [2.05, 4.69) is 5.32 Å². The molecule has 0 saturated carbocycles. The van der Waals surface area contributed by atoms with Crippen molar-refractivity contribution in [3.8, 4) is 5.75 Å². The summed E-state index contributed by atoms with van der Waals surface area (Å²) in [6.07, 6.45) is -3.91. The van der Waals surface area contributed by atoms with Gasteiger partial charge in [0.2, 0.25) is 0 Å². The van der Waals surface area contributed by atoms with E-state index in [0.29, 0.717) is 31.8 Å². The zero-order valence-electron chi connectivity index (χ0n) is 16.5. The van der Waals surface area contributed by atoms with Crippen molar-refractivity contribution in [2.75, 3.05) is 40.3 Å². The van der Waals surface area contributed by atoms with E-state index in [1.807, 2.05) is 19.0 Å². The lowest BCUT2D eigenvalue weighted by atomic mass is 10.2. The Labute approximate surface area is 171 Å². The van der Waals surface area contributed by atoms with Crippen molar-refractivity contribution in [2.45, 2.75) is 18.7 Å². The molecule has 0 bridgehead atoms. The number of nitrogens with one attached hydrogen (secondary N) is 1. The molecule has 3 N–H and O–H groups in total. The fourth-order valence-corrected chi connectivity index (χ4v) is 2.42. The van der Waals surface area contributed by atoms with Crippen molar-refractivity contribution in [1.29, 1.82) is 0 Å². The minimum Gasteiger partial charge on any atom is -0.489 e. The van der Waals surface area contributed by atoms with E-state index >= 15 is 0 Å². The van der Waals surface area contributed by atoms with Gasteiger partial charge >= 0.3 is 24.1 Å². The Morgan fingerprint density at radius 3 is 2.20 bits per heavy atom. The number of likely N-dealkylation sites (N-methyl/N-ethyl adjacent to an activating group) is 1. The topological polar surface area (TPSA) is 119 Å². The summed E-state index contributed by atoms with van der Waals surface area (Å²) in [6.45, 7) is 2.31. The number of carboxylic acids is 2. The van der Waals surface area contributed by atoms with Crippen LogP contribution in [0.2, 0.25) is 0 Å². The van der Waals surface area contributed by atoms with Gasteiger partial charge in [0.05, 0.1) is 12.1 Å². The first-order valence-corrected chi connectivity index (χ1v) is 8.87. The number of likely N-dealkylation sites (tertiary alicyclic amines) is 1. The van der Waals surface area contributed by atoms with E-state index in [1.165, 1.54) is 12.1 Å². The van der Waals surface area contributed by atoms with E-state index in [0.717, 1.165) is 18.7 Å². The highest BCUT2D eigenvalue weighted by Crippen LogP contribution is 2.30. The van der Waals surface area contributed by atoms with Crippen molar-refractivity contribution in [3.05, 3.63) is 29.8 Å². The molecule has 1 atom stereocenters. The maximum atomic E-state index is 12.5. The first-order valence-electron chi connectivity index (χ1n) is 8.87. The molecule has 1 aromatic rings. The number of alkyl halides is 3. The zero-order chi connectivity index (χ0) is 22.9. The number of hydrogen-bond donors (Lipinski definition) is 3. The summed E-state index contributed by atoms with van der Waals surface area (Å²) in [5.41, 5.74) is -0.705. The van der Waals surface area contributed by atoms with Crippen LogP contribution in [-0.2, 0) is 15.8 Å². The zero-order valence-corrected chi connectivity index (χ0v) is 16.5. The van der Waals surface area contributed by atoms with Crippen LogP contribution in [0, 0.1) is 0 Å². The normalized spacial score (nSPS) is 15.9. The molecule has 30 heavy (non-hydrogen) atoms. The Hall–Kier alpha value is -3.02. The first-order chi connectivity index (χ1) is 13.9. The maximum Gasteiger partial charge on any atom is 0.416 e. The molecule has 1 saturated heterocycles. The number of carboxylic acid groups (broad SMARTS) is 2. The highest BCUT2D eigenvalue weighted by Gasteiger charge is 2.31. The third-order valence-corrected chi connectivity index (χ3v) is 3.93. The van der Waals surface area contributed by atoms with Crippen LogP contribution in [0.5, 0.6) is 5.75 Å². The van der Waals surface area contributed by atoms with Crippen LogP contribution < -0.4 is 10.1 Å².